The summed E-state index contributed by atoms with van der Waals surface area (Å²) >= 11 is 0. The van der Waals surface area contributed by atoms with Crippen molar-refractivity contribution in [3.05, 3.63) is 0 Å². The number of carbonyl (C=O) groups excluding carboxylic acids is 1. The minimum Gasteiger partial charge on any atom is -0.338 e. The molecule has 7 heteroatoms. The van der Waals surface area contributed by atoms with Gasteiger partial charge in [-0.1, -0.05) is 6.92 Å². The van der Waals surface area contributed by atoms with Gasteiger partial charge in [0.25, 0.3) is 5.91 Å². The molecule has 0 aromatic rings. The maximum atomic E-state index is 12.7. The van der Waals surface area contributed by atoms with Crippen molar-refractivity contribution in [2.45, 2.75) is 38.0 Å². The van der Waals surface area contributed by atoms with E-state index in [1.165, 1.54) is 4.90 Å². The first kappa shape index (κ1) is 15.2. The smallest absolute Gasteiger partial charge is 0.338 e. The summed E-state index contributed by atoms with van der Waals surface area (Å²) < 4.78 is 38.1. The maximum absolute atomic E-state index is 12.7. The Balaban J connectivity index is 2.80. The Morgan fingerprint density at radius 1 is 1.39 bits per heavy atom. The lowest BCUT2D eigenvalue weighted by Crippen LogP contribution is -2.65. The highest BCUT2D eigenvalue weighted by atomic mass is 19.4. The fourth-order valence-corrected chi connectivity index (χ4v) is 2.02. The van der Waals surface area contributed by atoms with Gasteiger partial charge in [0.2, 0.25) is 0 Å². The third-order valence-corrected chi connectivity index (χ3v) is 3.57. The van der Waals surface area contributed by atoms with E-state index >= 15 is 0 Å². The van der Waals surface area contributed by atoms with Crippen molar-refractivity contribution in [2.75, 3.05) is 26.7 Å². The minimum absolute atomic E-state index is 0.0896. The van der Waals surface area contributed by atoms with Gasteiger partial charge in [0.1, 0.15) is 0 Å². The standard InChI is InChI=1S/C11H20F3N3O/c1-4-8-7-17(6-5-16(8)3)9(18)10(2,15)11(12,13)14/h8H,4-7,15H2,1-3H3. The van der Waals surface area contributed by atoms with Crippen LogP contribution >= 0.6 is 0 Å². The molecule has 2 N–H and O–H groups in total. The van der Waals surface area contributed by atoms with Crippen molar-refractivity contribution in [1.82, 2.24) is 9.80 Å². The Morgan fingerprint density at radius 3 is 2.39 bits per heavy atom. The zero-order valence-electron chi connectivity index (χ0n) is 10.9. The van der Waals surface area contributed by atoms with Crippen molar-refractivity contribution < 1.29 is 18.0 Å². The van der Waals surface area contributed by atoms with Crippen LogP contribution in [-0.4, -0.2) is 60.1 Å². The maximum Gasteiger partial charge on any atom is 0.415 e. The molecule has 106 valence electrons. The average molecular weight is 267 g/mol. The summed E-state index contributed by atoms with van der Waals surface area (Å²) in [5.74, 6) is -1.04. The zero-order valence-corrected chi connectivity index (χ0v) is 10.9. The molecule has 4 nitrogen and oxygen atoms in total. The largest absolute Gasteiger partial charge is 0.415 e. The van der Waals surface area contributed by atoms with Crippen LogP contribution in [0.1, 0.15) is 20.3 Å². The molecule has 18 heavy (non-hydrogen) atoms. The van der Waals surface area contributed by atoms with Gasteiger partial charge in [-0.15, -0.1) is 0 Å². The van der Waals surface area contributed by atoms with Crippen LogP contribution in [0.3, 0.4) is 0 Å². The van der Waals surface area contributed by atoms with Crippen LogP contribution in [0.15, 0.2) is 0 Å². The molecule has 1 rings (SSSR count). The van der Waals surface area contributed by atoms with E-state index in [1.807, 2.05) is 18.9 Å². The molecule has 1 heterocycles. The third-order valence-electron chi connectivity index (χ3n) is 3.57. The Kier molecular flexibility index (Phi) is 4.27. The molecule has 0 aromatic carbocycles. The number of alkyl halides is 3. The molecule has 0 aromatic heterocycles. The lowest BCUT2D eigenvalue weighted by Gasteiger charge is -2.42. The molecular weight excluding hydrogens is 247 g/mol. The van der Waals surface area contributed by atoms with Crippen molar-refractivity contribution in [3.63, 3.8) is 0 Å². The van der Waals surface area contributed by atoms with Gasteiger partial charge in [-0.2, -0.15) is 13.2 Å². The number of likely N-dealkylation sites (N-methyl/N-ethyl adjacent to an activating group) is 1. The predicted molar refractivity (Wildman–Crippen MR) is 61.9 cm³/mol. The van der Waals surface area contributed by atoms with Gasteiger partial charge in [-0.3, -0.25) is 9.69 Å². The number of hydrogen-bond acceptors (Lipinski definition) is 3. The first-order valence-electron chi connectivity index (χ1n) is 5.96. The van der Waals surface area contributed by atoms with Gasteiger partial charge in [0.05, 0.1) is 0 Å². The van der Waals surface area contributed by atoms with Gasteiger partial charge in [-0.25, -0.2) is 0 Å². The van der Waals surface area contributed by atoms with E-state index in [4.69, 9.17) is 5.73 Å². The molecule has 1 fully saturated rings. The molecular formula is C11H20F3N3O. The molecule has 2 atom stereocenters. The molecule has 0 saturated carbocycles. The molecule has 1 aliphatic heterocycles. The summed E-state index contributed by atoms with van der Waals surface area (Å²) in [7, 11) is 1.90. The monoisotopic (exact) mass is 267 g/mol. The lowest BCUT2D eigenvalue weighted by molar-refractivity contribution is -0.195. The normalized spacial score (nSPS) is 25.9. The number of rotatable bonds is 2. The van der Waals surface area contributed by atoms with E-state index in [0.717, 1.165) is 13.3 Å². The highest BCUT2D eigenvalue weighted by Crippen LogP contribution is 2.30. The number of carbonyl (C=O) groups is 1. The molecule has 0 aliphatic carbocycles. The molecule has 0 spiro atoms. The summed E-state index contributed by atoms with van der Waals surface area (Å²) in [4.78, 5) is 15.2. The van der Waals surface area contributed by atoms with Gasteiger partial charge >= 0.3 is 6.18 Å². The predicted octanol–water partition coefficient (Wildman–Crippen LogP) is 0.819. The summed E-state index contributed by atoms with van der Waals surface area (Å²) in [6.45, 7) is 3.83. The summed E-state index contributed by atoms with van der Waals surface area (Å²) in [6.07, 6.45) is -3.94. The number of piperazine rings is 1. The van der Waals surface area contributed by atoms with Gasteiger partial charge in [0.15, 0.2) is 5.54 Å². The third kappa shape index (κ3) is 2.77. The molecule has 2 unspecified atom stereocenters. The quantitative estimate of drug-likeness (QED) is 0.806. The number of hydrogen-bond donors (Lipinski definition) is 1. The van der Waals surface area contributed by atoms with Crippen LogP contribution in [0.2, 0.25) is 0 Å². The first-order valence-corrected chi connectivity index (χ1v) is 5.96. The summed E-state index contributed by atoms with van der Waals surface area (Å²) in [5, 5.41) is 0. The fraction of sp³-hybridized carbons (Fsp3) is 0.909. The highest BCUT2D eigenvalue weighted by molar-refractivity contribution is 5.86. The molecule has 0 radical (unpaired) electrons. The zero-order chi connectivity index (χ0) is 14.1. The van der Waals surface area contributed by atoms with Crippen molar-refractivity contribution in [3.8, 4) is 0 Å². The van der Waals surface area contributed by atoms with Crippen LogP contribution < -0.4 is 5.73 Å². The second kappa shape index (κ2) is 5.05. The average Bonchev–Trinajstić information content (AvgIpc) is 2.27. The lowest BCUT2D eigenvalue weighted by atomic mass is 9.99. The van der Waals surface area contributed by atoms with Gasteiger partial charge in [0, 0.05) is 25.7 Å². The van der Waals surface area contributed by atoms with E-state index in [0.29, 0.717) is 13.1 Å². The van der Waals surface area contributed by atoms with E-state index in [1.54, 1.807) is 0 Å². The second-order valence-corrected chi connectivity index (χ2v) is 4.99. The Labute approximate surface area is 105 Å². The Hall–Kier alpha value is -0.820. The van der Waals surface area contributed by atoms with Crippen molar-refractivity contribution >= 4 is 5.91 Å². The number of halogens is 3. The van der Waals surface area contributed by atoms with Gasteiger partial charge < -0.3 is 10.6 Å². The molecule has 1 amide bonds. The van der Waals surface area contributed by atoms with Crippen molar-refractivity contribution in [1.29, 1.82) is 0 Å². The van der Waals surface area contributed by atoms with E-state index in [9.17, 15) is 18.0 Å². The summed E-state index contributed by atoms with van der Waals surface area (Å²) in [5.41, 5.74) is 2.36. The van der Waals surface area contributed by atoms with E-state index in [2.05, 4.69) is 0 Å². The van der Waals surface area contributed by atoms with Crippen molar-refractivity contribution in [2.24, 2.45) is 5.73 Å². The minimum atomic E-state index is -4.73. The van der Waals surface area contributed by atoms with Crippen LogP contribution in [-0.2, 0) is 4.79 Å². The second-order valence-electron chi connectivity index (χ2n) is 4.99. The first-order chi connectivity index (χ1) is 8.11. The molecule has 0 bridgehead atoms. The Bertz CT molecular complexity index is 317. The highest BCUT2D eigenvalue weighted by Gasteiger charge is 2.55. The SMILES string of the molecule is CCC1CN(C(=O)C(C)(N)C(F)(F)F)CCN1C. The number of amides is 1. The van der Waals surface area contributed by atoms with Crippen LogP contribution in [0.25, 0.3) is 0 Å². The van der Waals surface area contributed by atoms with E-state index in [-0.39, 0.29) is 12.6 Å². The number of nitrogens with two attached hydrogens (primary N) is 1. The number of nitrogens with zero attached hydrogens (tertiary/aromatic N) is 2. The summed E-state index contributed by atoms with van der Waals surface area (Å²) in [6, 6.07) is 0.0896. The van der Waals surface area contributed by atoms with Crippen LogP contribution in [0.5, 0.6) is 0 Å². The van der Waals surface area contributed by atoms with Gasteiger partial charge in [-0.05, 0) is 20.4 Å². The van der Waals surface area contributed by atoms with Crippen LogP contribution in [0.4, 0.5) is 13.2 Å². The van der Waals surface area contributed by atoms with Crippen LogP contribution in [0, 0.1) is 0 Å². The molecule has 1 saturated heterocycles. The molecule has 1 aliphatic rings. The fourth-order valence-electron chi connectivity index (χ4n) is 2.02. The Morgan fingerprint density at radius 2 is 1.94 bits per heavy atom. The van der Waals surface area contributed by atoms with E-state index < -0.39 is 17.6 Å². The topological polar surface area (TPSA) is 49.6 Å².